The Hall–Kier alpha value is -1.71. The van der Waals surface area contributed by atoms with Gasteiger partial charge in [-0.25, -0.2) is 0 Å². The van der Waals surface area contributed by atoms with Gasteiger partial charge in [0.05, 0.1) is 7.11 Å². The number of benzene rings is 1. The molecule has 112 valence electrons. The second kappa shape index (κ2) is 9.23. The summed E-state index contributed by atoms with van der Waals surface area (Å²) in [7, 11) is 1.65. The van der Waals surface area contributed by atoms with Gasteiger partial charge in [-0.2, -0.15) is 0 Å². The molecule has 1 amide bonds. The summed E-state index contributed by atoms with van der Waals surface area (Å²) >= 11 is 0. The fraction of sp³-hybridized carbons (Fsp3) is 0.562. The molecule has 1 N–H and O–H groups in total. The van der Waals surface area contributed by atoms with Crippen LogP contribution in [0, 0.1) is 0 Å². The van der Waals surface area contributed by atoms with Gasteiger partial charge in [0.2, 0.25) is 5.91 Å². The van der Waals surface area contributed by atoms with Crippen molar-refractivity contribution in [3.8, 4) is 5.75 Å². The summed E-state index contributed by atoms with van der Waals surface area (Å²) in [4.78, 5) is 14.0. The fourth-order valence-electron chi connectivity index (χ4n) is 2.08. The molecule has 0 unspecified atom stereocenters. The molecular formula is C16H26N2O2. The van der Waals surface area contributed by atoms with Gasteiger partial charge in [-0.15, -0.1) is 0 Å². The molecule has 0 aliphatic heterocycles. The van der Waals surface area contributed by atoms with Gasteiger partial charge in [0, 0.05) is 31.7 Å². The van der Waals surface area contributed by atoms with Crippen LogP contribution in [-0.2, 0) is 4.79 Å². The van der Waals surface area contributed by atoms with Crippen molar-refractivity contribution in [3.05, 3.63) is 24.3 Å². The molecule has 4 heteroatoms. The van der Waals surface area contributed by atoms with E-state index in [1.807, 2.05) is 29.2 Å². The minimum absolute atomic E-state index is 0.231. The number of carbonyl (C=O) groups excluding carboxylic acids is 1. The molecule has 0 spiro atoms. The third-order valence-electron chi connectivity index (χ3n) is 3.10. The predicted octanol–water partition coefficient (Wildman–Crippen LogP) is 3.15. The van der Waals surface area contributed by atoms with Gasteiger partial charge in [0.1, 0.15) is 5.75 Å². The lowest BCUT2D eigenvalue weighted by atomic mass is 10.2. The Kier molecular flexibility index (Phi) is 7.55. The maximum absolute atomic E-state index is 12.1. The summed E-state index contributed by atoms with van der Waals surface area (Å²) in [5.41, 5.74) is 1.01. The van der Waals surface area contributed by atoms with Crippen molar-refractivity contribution in [2.24, 2.45) is 0 Å². The van der Waals surface area contributed by atoms with E-state index in [2.05, 4.69) is 19.2 Å². The number of nitrogens with zero attached hydrogens (tertiary/aromatic N) is 1. The van der Waals surface area contributed by atoms with Crippen molar-refractivity contribution < 1.29 is 9.53 Å². The van der Waals surface area contributed by atoms with E-state index in [0.29, 0.717) is 13.0 Å². The van der Waals surface area contributed by atoms with Crippen molar-refractivity contribution in [3.63, 3.8) is 0 Å². The topological polar surface area (TPSA) is 41.6 Å². The molecule has 1 aromatic carbocycles. The van der Waals surface area contributed by atoms with E-state index in [4.69, 9.17) is 4.74 Å². The highest BCUT2D eigenvalue weighted by atomic mass is 16.5. The SMILES string of the molecule is CCCN(CCC)C(=O)CCNc1ccc(OC)cc1. The quantitative estimate of drug-likeness (QED) is 0.754. The standard InChI is InChI=1S/C16H26N2O2/c1-4-12-18(13-5-2)16(19)10-11-17-14-6-8-15(20-3)9-7-14/h6-9,17H,4-5,10-13H2,1-3H3. The molecule has 0 bridgehead atoms. The number of ether oxygens (including phenoxy) is 1. The van der Waals surface area contributed by atoms with Crippen LogP contribution in [0.1, 0.15) is 33.1 Å². The molecule has 0 atom stereocenters. The molecule has 0 aromatic heterocycles. The van der Waals surface area contributed by atoms with Gasteiger partial charge in [0.15, 0.2) is 0 Å². The molecule has 0 heterocycles. The van der Waals surface area contributed by atoms with Crippen LogP contribution in [0.4, 0.5) is 5.69 Å². The van der Waals surface area contributed by atoms with E-state index in [-0.39, 0.29) is 5.91 Å². The highest BCUT2D eigenvalue weighted by Crippen LogP contribution is 2.14. The molecule has 0 fully saturated rings. The Bertz CT molecular complexity index is 384. The summed E-state index contributed by atoms with van der Waals surface area (Å²) in [6.45, 7) is 6.58. The van der Waals surface area contributed by atoms with Gasteiger partial charge >= 0.3 is 0 Å². The molecule has 0 aliphatic rings. The zero-order valence-electron chi connectivity index (χ0n) is 12.8. The maximum Gasteiger partial charge on any atom is 0.224 e. The normalized spacial score (nSPS) is 10.2. The van der Waals surface area contributed by atoms with Crippen molar-refractivity contribution >= 4 is 11.6 Å². The lowest BCUT2D eigenvalue weighted by Gasteiger charge is -2.21. The van der Waals surface area contributed by atoms with E-state index in [9.17, 15) is 4.79 Å². The van der Waals surface area contributed by atoms with Crippen LogP contribution >= 0.6 is 0 Å². The average molecular weight is 278 g/mol. The number of methoxy groups -OCH3 is 1. The van der Waals surface area contributed by atoms with Gasteiger partial charge in [0.25, 0.3) is 0 Å². The molecular weight excluding hydrogens is 252 g/mol. The number of rotatable bonds is 9. The Morgan fingerprint density at radius 1 is 1.15 bits per heavy atom. The highest BCUT2D eigenvalue weighted by molar-refractivity contribution is 5.76. The van der Waals surface area contributed by atoms with Crippen molar-refractivity contribution in [1.29, 1.82) is 0 Å². The summed E-state index contributed by atoms with van der Waals surface area (Å²) in [6, 6.07) is 7.73. The Balaban J connectivity index is 2.35. The number of nitrogens with one attached hydrogen (secondary N) is 1. The first-order valence-corrected chi connectivity index (χ1v) is 7.37. The highest BCUT2D eigenvalue weighted by Gasteiger charge is 2.10. The molecule has 0 radical (unpaired) electrons. The lowest BCUT2D eigenvalue weighted by molar-refractivity contribution is -0.131. The van der Waals surface area contributed by atoms with Crippen molar-refractivity contribution in [2.75, 3.05) is 32.1 Å². The van der Waals surface area contributed by atoms with E-state index >= 15 is 0 Å². The van der Waals surface area contributed by atoms with Crippen LogP contribution in [0.5, 0.6) is 5.75 Å². The van der Waals surface area contributed by atoms with Crippen LogP contribution in [0.2, 0.25) is 0 Å². The first-order valence-electron chi connectivity index (χ1n) is 7.37. The second-order valence-corrected chi connectivity index (χ2v) is 4.79. The van der Waals surface area contributed by atoms with E-state index < -0.39 is 0 Å². The largest absolute Gasteiger partial charge is 0.497 e. The van der Waals surface area contributed by atoms with E-state index in [0.717, 1.165) is 37.4 Å². The first-order chi connectivity index (χ1) is 9.71. The monoisotopic (exact) mass is 278 g/mol. The maximum atomic E-state index is 12.1. The van der Waals surface area contributed by atoms with Gasteiger partial charge < -0.3 is 15.0 Å². The predicted molar refractivity (Wildman–Crippen MR) is 83.3 cm³/mol. The van der Waals surface area contributed by atoms with E-state index in [1.165, 1.54) is 0 Å². The second-order valence-electron chi connectivity index (χ2n) is 4.79. The summed E-state index contributed by atoms with van der Waals surface area (Å²) in [6.07, 6.45) is 2.56. The number of amides is 1. The summed E-state index contributed by atoms with van der Waals surface area (Å²) in [5.74, 6) is 1.07. The third-order valence-corrected chi connectivity index (χ3v) is 3.10. The lowest BCUT2D eigenvalue weighted by Crippen LogP contribution is -2.33. The van der Waals surface area contributed by atoms with Crippen LogP contribution in [0.3, 0.4) is 0 Å². The van der Waals surface area contributed by atoms with Gasteiger partial charge in [-0.3, -0.25) is 4.79 Å². The van der Waals surface area contributed by atoms with Crippen molar-refractivity contribution in [2.45, 2.75) is 33.1 Å². The van der Waals surface area contributed by atoms with Crippen LogP contribution in [0.25, 0.3) is 0 Å². The molecule has 20 heavy (non-hydrogen) atoms. The summed E-state index contributed by atoms with van der Waals surface area (Å²) < 4.78 is 5.11. The average Bonchev–Trinajstić information content (AvgIpc) is 2.47. The zero-order valence-corrected chi connectivity index (χ0v) is 12.8. The minimum Gasteiger partial charge on any atom is -0.497 e. The summed E-state index contributed by atoms with van der Waals surface area (Å²) in [5, 5.41) is 3.26. The third kappa shape index (κ3) is 5.51. The molecule has 1 rings (SSSR count). The number of anilines is 1. The Labute approximate surface area is 122 Å². The molecule has 0 saturated heterocycles. The van der Waals surface area contributed by atoms with Crippen LogP contribution < -0.4 is 10.1 Å². The smallest absolute Gasteiger partial charge is 0.224 e. The minimum atomic E-state index is 0.231. The molecule has 0 aliphatic carbocycles. The molecule has 4 nitrogen and oxygen atoms in total. The number of hydrogen-bond acceptors (Lipinski definition) is 3. The fourth-order valence-corrected chi connectivity index (χ4v) is 2.08. The Morgan fingerprint density at radius 3 is 2.25 bits per heavy atom. The van der Waals surface area contributed by atoms with Crippen LogP contribution in [-0.4, -0.2) is 37.6 Å². The number of hydrogen-bond donors (Lipinski definition) is 1. The Morgan fingerprint density at radius 2 is 1.75 bits per heavy atom. The molecule has 1 aromatic rings. The number of carbonyl (C=O) groups is 1. The molecule has 0 saturated carbocycles. The van der Waals surface area contributed by atoms with Gasteiger partial charge in [-0.1, -0.05) is 13.8 Å². The van der Waals surface area contributed by atoms with E-state index in [1.54, 1.807) is 7.11 Å². The van der Waals surface area contributed by atoms with Crippen LogP contribution in [0.15, 0.2) is 24.3 Å². The zero-order chi connectivity index (χ0) is 14.8. The van der Waals surface area contributed by atoms with Crippen molar-refractivity contribution in [1.82, 2.24) is 4.90 Å². The van der Waals surface area contributed by atoms with Gasteiger partial charge in [-0.05, 0) is 37.1 Å². The first kappa shape index (κ1) is 16.3.